The molecule has 6 nitrogen and oxygen atoms in total. The molecular weight excluding hydrogens is 262 g/mol. The molecule has 1 amide bonds. The first-order chi connectivity index (χ1) is 8.92. The lowest BCUT2D eigenvalue weighted by atomic mass is 9.92. The van der Waals surface area contributed by atoms with E-state index in [1.807, 2.05) is 12.1 Å². The van der Waals surface area contributed by atoms with Crippen molar-refractivity contribution >= 4 is 18.1 Å². The van der Waals surface area contributed by atoms with Gasteiger partial charge in [-0.1, -0.05) is 0 Å². The van der Waals surface area contributed by atoms with Crippen molar-refractivity contribution in [3.05, 3.63) is 29.3 Å². The van der Waals surface area contributed by atoms with Crippen LogP contribution in [0.25, 0.3) is 11.4 Å². The minimum absolute atomic E-state index is 0.363. The van der Waals surface area contributed by atoms with E-state index in [-0.39, 0.29) is 5.91 Å². The summed E-state index contributed by atoms with van der Waals surface area (Å²) >= 11 is 5.20. The number of hydrogen-bond donors (Lipinski definition) is 2. The molecule has 0 fully saturated rings. The van der Waals surface area contributed by atoms with Gasteiger partial charge in [-0.05, 0) is 38.2 Å². The number of rotatable bonds is 4. The first kappa shape index (κ1) is 13.4. The zero-order valence-electron chi connectivity index (χ0n) is 10.8. The highest BCUT2D eigenvalue weighted by molar-refractivity contribution is 7.71. The number of aromatic amines is 1. The third kappa shape index (κ3) is 2.70. The van der Waals surface area contributed by atoms with Gasteiger partial charge in [0.25, 0.3) is 0 Å². The Morgan fingerprint density at radius 2 is 2.32 bits per heavy atom. The summed E-state index contributed by atoms with van der Waals surface area (Å²) in [4.78, 5) is 15.5. The lowest BCUT2D eigenvalue weighted by Gasteiger charge is -2.21. The fraction of sp³-hybridized carbons (Fsp3) is 0.333. The lowest BCUT2D eigenvalue weighted by Crippen LogP contribution is -2.35. The number of nitrogens with two attached hydrogens (primary N) is 1. The second-order valence-corrected chi connectivity index (χ2v) is 5.32. The normalized spacial score (nSPS) is 11.5. The standard InChI is InChI=1S/C12H15N5OS/c1-12(2,10(13)18)7-17-9(15-16-11(17)19)8-4-3-5-14-6-8/h3-6H,7H2,1-2H3,(H2,13,18)(H,16,19). The molecule has 0 spiro atoms. The van der Waals surface area contributed by atoms with Crippen LogP contribution in [-0.2, 0) is 11.3 Å². The molecule has 2 aromatic rings. The van der Waals surface area contributed by atoms with Gasteiger partial charge < -0.3 is 5.73 Å². The summed E-state index contributed by atoms with van der Waals surface area (Å²) < 4.78 is 2.21. The Bertz CT molecular complexity index is 644. The van der Waals surface area contributed by atoms with Crippen molar-refractivity contribution in [3.8, 4) is 11.4 Å². The molecule has 0 saturated heterocycles. The van der Waals surface area contributed by atoms with Crippen molar-refractivity contribution in [2.75, 3.05) is 0 Å². The molecule has 0 radical (unpaired) electrons. The van der Waals surface area contributed by atoms with Gasteiger partial charge in [-0.25, -0.2) is 0 Å². The topological polar surface area (TPSA) is 89.6 Å². The average molecular weight is 277 g/mol. The minimum atomic E-state index is -0.709. The lowest BCUT2D eigenvalue weighted by molar-refractivity contribution is -0.126. The van der Waals surface area contributed by atoms with Crippen LogP contribution in [0, 0.1) is 10.2 Å². The molecule has 7 heteroatoms. The van der Waals surface area contributed by atoms with Crippen LogP contribution in [0.5, 0.6) is 0 Å². The SMILES string of the molecule is CC(C)(Cn1c(-c2cccnc2)n[nH]c1=S)C(N)=O. The number of carbonyl (C=O) groups is 1. The van der Waals surface area contributed by atoms with Gasteiger partial charge in [-0.15, -0.1) is 0 Å². The molecule has 2 aromatic heterocycles. The number of nitrogens with zero attached hydrogens (tertiary/aromatic N) is 3. The van der Waals surface area contributed by atoms with E-state index in [9.17, 15) is 4.79 Å². The molecule has 0 aromatic carbocycles. The Kier molecular flexibility index (Phi) is 3.48. The Balaban J connectivity index is 2.45. The van der Waals surface area contributed by atoms with E-state index in [4.69, 9.17) is 18.0 Å². The van der Waals surface area contributed by atoms with Crippen LogP contribution in [0.1, 0.15) is 13.8 Å². The van der Waals surface area contributed by atoms with Crippen molar-refractivity contribution in [1.82, 2.24) is 19.7 Å². The molecule has 0 unspecified atom stereocenters. The summed E-state index contributed by atoms with van der Waals surface area (Å²) in [5, 5.41) is 6.92. The summed E-state index contributed by atoms with van der Waals surface area (Å²) in [7, 11) is 0. The molecule has 2 heterocycles. The van der Waals surface area contributed by atoms with Crippen LogP contribution < -0.4 is 5.73 Å². The Morgan fingerprint density at radius 3 is 2.89 bits per heavy atom. The maximum atomic E-state index is 11.4. The number of nitrogens with one attached hydrogen (secondary N) is 1. The Labute approximate surface area is 115 Å². The highest BCUT2D eigenvalue weighted by Crippen LogP contribution is 2.22. The molecule has 0 saturated carbocycles. The minimum Gasteiger partial charge on any atom is -0.369 e. The molecule has 2 rings (SSSR count). The summed E-state index contributed by atoms with van der Waals surface area (Å²) in [6.45, 7) is 3.91. The van der Waals surface area contributed by atoms with E-state index >= 15 is 0 Å². The van der Waals surface area contributed by atoms with Crippen LogP contribution in [-0.4, -0.2) is 25.7 Å². The summed E-state index contributed by atoms with van der Waals surface area (Å²) in [5.41, 5.74) is 5.52. The molecule has 3 N–H and O–H groups in total. The largest absolute Gasteiger partial charge is 0.369 e. The molecule has 0 bridgehead atoms. The fourth-order valence-electron chi connectivity index (χ4n) is 1.65. The monoisotopic (exact) mass is 277 g/mol. The summed E-state index contributed by atoms with van der Waals surface area (Å²) in [5.74, 6) is 0.264. The van der Waals surface area contributed by atoms with E-state index in [2.05, 4.69) is 15.2 Å². The van der Waals surface area contributed by atoms with Gasteiger partial charge in [0.2, 0.25) is 5.91 Å². The summed E-state index contributed by atoms with van der Waals surface area (Å²) in [6.07, 6.45) is 3.38. The predicted molar refractivity (Wildman–Crippen MR) is 73.6 cm³/mol. The first-order valence-electron chi connectivity index (χ1n) is 5.77. The molecule has 0 aliphatic rings. The van der Waals surface area contributed by atoms with Crippen molar-refractivity contribution in [1.29, 1.82) is 0 Å². The van der Waals surface area contributed by atoms with Crippen LogP contribution in [0.3, 0.4) is 0 Å². The second-order valence-electron chi connectivity index (χ2n) is 4.93. The van der Waals surface area contributed by atoms with Crippen molar-refractivity contribution in [2.24, 2.45) is 11.1 Å². The molecule has 19 heavy (non-hydrogen) atoms. The first-order valence-corrected chi connectivity index (χ1v) is 6.18. The van der Waals surface area contributed by atoms with Crippen LogP contribution >= 0.6 is 12.2 Å². The van der Waals surface area contributed by atoms with Gasteiger partial charge in [-0.2, -0.15) is 5.10 Å². The number of primary amides is 1. The van der Waals surface area contributed by atoms with Crippen LogP contribution in [0.2, 0.25) is 0 Å². The quantitative estimate of drug-likeness (QED) is 0.829. The molecule has 0 aliphatic heterocycles. The second kappa shape index (κ2) is 4.93. The van der Waals surface area contributed by atoms with Gasteiger partial charge in [0.1, 0.15) is 0 Å². The molecule has 0 aliphatic carbocycles. The number of hydrogen-bond acceptors (Lipinski definition) is 4. The number of amides is 1. The molecule has 100 valence electrons. The highest BCUT2D eigenvalue weighted by atomic mass is 32.1. The van der Waals surface area contributed by atoms with Gasteiger partial charge >= 0.3 is 0 Å². The third-order valence-electron chi connectivity index (χ3n) is 2.90. The predicted octanol–water partition coefficient (Wildman–Crippen LogP) is 1.51. The maximum absolute atomic E-state index is 11.4. The van der Waals surface area contributed by atoms with Crippen molar-refractivity contribution < 1.29 is 4.79 Å². The molecular formula is C12H15N5OS. The zero-order valence-corrected chi connectivity index (χ0v) is 11.6. The number of H-pyrrole nitrogens is 1. The van der Waals surface area contributed by atoms with Crippen molar-refractivity contribution in [2.45, 2.75) is 20.4 Å². The van der Waals surface area contributed by atoms with E-state index in [1.165, 1.54) is 0 Å². The van der Waals surface area contributed by atoms with Crippen molar-refractivity contribution in [3.63, 3.8) is 0 Å². The summed E-state index contributed by atoms with van der Waals surface area (Å²) in [6, 6.07) is 3.70. The van der Waals surface area contributed by atoms with Gasteiger partial charge in [-0.3, -0.25) is 19.4 Å². The Morgan fingerprint density at radius 1 is 1.58 bits per heavy atom. The average Bonchev–Trinajstić information content (AvgIpc) is 2.71. The van der Waals surface area contributed by atoms with Gasteiger partial charge in [0.15, 0.2) is 10.6 Å². The van der Waals surface area contributed by atoms with Crippen LogP contribution in [0.15, 0.2) is 24.5 Å². The smallest absolute Gasteiger partial charge is 0.224 e. The van der Waals surface area contributed by atoms with E-state index in [0.717, 1.165) is 5.56 Å². The number of pyridine rings is 1. The van der Waals surface area contributed by atoms with Gasteiger partial charge in [0.05, 0.1) is 5.41 Å². The Hall–Kier alpha value is -2.02. The van der Waals surface area contributed by atoms with Gasteiger partial charge in [0, 0.05) is 24.5 Å². The van der Waals surface area contributed by atoms with E-state index in [1.54, 1.807) is 30.8 Å². The van der Waals surface area contributed by atoms with E-state index < -0.39 is 5.41 Å². The zero-order chi connectivity index (χ0) is 14.0. The van der Waals surface area contributed by atoms with Crippen LogP contribution in [0.4, 0.5) is 0 Å². The maximum Gasteiger partial charge on any atom is 0.224 e. The number of carbonyl (C=O) groups excluding carboxylic acids is 1. The molecule has 0 atom stereocenters. The van der Waals surface area contributed by atoms with E-state index in [0.29, 0.717) is 17.1 Å². The number of aromatic nitrogens is 4. The fourth-order valence-corrected chi connectivity index (χ4v) is 1.85. The third-order valence-corrected chi connectivity index (χ3v) is 3.21. The highest BCUT2D eigenvalue weighted by Gasteiger charge is 2.27.